The molecule has 1 atom stereocenters. The van der Waals surface area contributed by atoms with Gasteiger partial charge in [0.25, 0.3) is 0 Å². The number of hydrogen-bond acceptors (Lipinski definition) is 4. The van der Waals surface area contributed by atoms with Crippen LogP contribution < -0.4 is 10.4 Å². The molecule has 0 fully saturated rings. The lowest BCUT2D eigenvalue weighted by Crippen LogP contribution is -2.35. The highest BCUT2D eigenvalue weighted by molar-refractivity contribution is 7.89. The van der Waals surface area contributed by atoms with E-state index in [1.165, 1.54) is 0 Å². The van der Waals surface area contributed by atoms with Gasteiger partial charge in [0.2, 0.25) is 10.0 Å². The summed E-state index contributed by atoms with van der Waals surface area (Å²) in [6.07, 6.45) is 4.94. The van der Waals surface area contributed by atoms with Crippen LogP contribution in [0.2, 0.25) is 0 Å². The zero-order valence-corrected chi connectivity index (χ0v) is 15.2. The van der Waals surface area contributed by atoms with Crippen LogP contribution in [0.15, 0.2) is 34.0 Å². The van der Waals surface area contributed by atoms with Crippen molar-refractivity contribution in [3.05, 3.63) is 46.1 Å². The van der Waals surface area contributed by atoms with Crippen molar-refractivity contribution in [1.29, 1.82) is 0 Å². The van der Waals surface area contributed by atoms with Crippen molar-refractivity contribution in [2.45, 2.75) is 62.9 Å². The summed E-state index contributed by atoms with van der Waals surface area (Å²) in [5, 5.41) is 6.42. The Morgan fingerprint density at radius 1 is 1.28 bits per heavy atom. The average Bonchev–Trinajstić information content (AvgIpc) is 2.83. The predicted octanol–water partition coefficient (Wildman–Crippen LogP) is 1.60. The number of rotatable bonds is 6. The number of nitrogens with one attached hydrogen (secondary N) is 2. The Hall–Kier alpha value is -1.93. The van der Waals surface area contributed by atoms with Crippen LogP contribution in [-0.2, 0) is 29.4 Å². The minimum Gasteiger partial charge on any atom is -0.279 e. The molecule has 2 aromatic rings. The Kier molecular flexibility index (Phi) is 5.39. The van der Waals surface area contributed by atoms with Crippen molar-refractivity contribution in [3.8, 4) is 0 Å². The number of sulfonamides is 1. The van der Waals surface area contributed by atoms with Crippen LogP contribution in [0.1, 0.15) is 44.0 Å². The predicted molar refractivity (Wildman–Crippen MR) is 94.9 cm³/mol. The van der Waals surface area contributed by atoms with Gasteiger partial charge in [-0.25, -0.2) is 23.0 Å². The first-order valence-electron chi connectivity index (χ1n) is 8.75. The molecule has 0 radical (unpaired) electrons. The van der Waals surface area contributed by atoms with Crippen LogP contribution in [0.5, 0.6) is 0 Å². The lowest BCUT2D eigenvalue weighted by atomic mass is 10.1. The van der Waals surface area contributed by atoms with E-state index in [1.54, 1.807) is 16.7 Å². The van der Waals surface area contributed by atoms with Crippen LogP contribution in [0.25, 0.3) is 0 Å². The van der Waals surface area contributed by atoms with E-state index < -0.39 is 10.0 Å². The Labute approximate surface area is 147 Å². The van der Waals surface area contributed by atoms with E-state index in [4.69, 9.17) is 0 Å². The minimum atomic E-state index is -3.56. The fraction of sp³-hybridized carbons (Fsp3) is 0.529. The molecule has 1 aromatic carbocycles. The quantitative estimate of drug-likeness (QED) is 0.813. The van der Waals surface area contributed by atoms with Gasteiger partial charge in [0, 0.05) is 19.0 Å². The SMILES string of the molecule is CCCCc1ccc(S(=O)(=O)NC2CCc3n[nH]c(=O)n3CC2)cc1. The summed E-state index contributed by atoms with van der Waals surface area (Å²) in [4.78, 5) is 11.9. The van der Waals surface area contributed by atoms with Gasteiger partial charge in [0.1, 0.15) is 5.82 Å². The second-order valence-electron chi connectivity index (χ2n) is 6.49. The third kappa shape index (κ3) is 4.19. The number of H-pyrrole nitrogens is 1. The van der Waals surface area contributed by atoms with E-state index >= 15 is 0 Å². The number of aromatic amines is 1. The molecule has 8 heteroatoms. The summed E-state index contributed by atoms with van der Waals surface area (Å²) in [7, 11) is -3.56. The second-order valence-corrected chi connectivity index (χ2v) is 8.20. The highest BCUT2D eigenvalue weighted by Gasteiger charge is 2.24. The molecular formula is C17H24N4O3S. The number of hydrogen-bond donors (Lipinski definition) is 2. The molecule has 2 heterocycles. The number of benzene rings is 1. The maximum absolute atomic E-state index is 12.6. The molecule has 25 heavy (non-hydrogen) atoms. The Morgan fingerprint density at radius 3 is 2.76 bits per heavy atom. The number of aryl methyl sites for hydroxylation is 2. The van der Waals surface area contributed by atoms with Crippen LogP contribution in [0, 0.1) is 0 Å². The molecule has 0 saturated heterocycles. The number of unbranched alkanes of at least 4 members (excludes halogenated alkanes) is 1. The van der Waals surface area contributed by atoms with Crippen LogP contribution in [0.4, 0.5) is 0 Å². The number of fused-ring (bicyclic) bond motifs is 1. The number of nitrogens with zero attached hydrogens (tertiary/aromatic N) is 2. The van der Waals surface area contributed by atoms with Gasteiger partial charge in [-0.2, -0.15) is 5.10 Å². The largest absolute Gasteiger partial charge is 0.343 e. The molecule has 0 bridgehead atoms. The fourth-order valence-corrected chi connectivity index (χ4v) is 4.43. The standard InChI is InChI=1S/C17H24N4O3S/c1-2-3-4-13-5-8-15(9-6-13)25(23,24)20-14-7-10-16-18-19-17(22)21(16)12-11-14/h5-6,8-9,14,20H,2-4,7,10-12H2,1H3,(H,19,22). The smallest absolute Gasteiger partial charge is 0.279 e. The molecule has 0 aliphatic carbocycles. The molecule has 1 aliphatic rings. The first-order chi connectivity index (χ1) is 12.0. The van der Waals surface area contributed by atoms with Crippen LogP contribution in [0.3, 0.4) is 0 Å². The van der Waals surface area contributed by atoms with Crippen molar-refractivity contribution in [2.24, 2.45) is 0 Å². The molecule has 1 aromatic heterocycles. The molecular weight excluding hydrogens is 340 g/mol. The molecule has 3 rings (SSSR count). The molecule has 1 aliphatic heterocycles. The van der Waals surface area contributed by atoms with E-state index in [0.29, 0.717) is 31.6 Å². The summed E-state index contributed by atoms with van der Waals surface area (Å²) >= 11 is 0. The maximum Gasteiger partial charge on any atom is 0.343 e. The van der Waals surface area contributed by atoms with E-state index in [2.05, 4.69) is 21.8 Å². The van der Waals surface area contributed by atoms with Gasteiger partial charge in [0.05, 0.1) is 4.90 Å². The summed E-state index contributed by atoms with van der Waals surface area (Å²) < 4.78 is 29.6. The third-order valence-electron chi connectivity index (χ3n) is 4.63. The molecule has 136 valence electrons. The first-order valence-corrected chi connectivity index (χ1v) is 10.2. The van der Waals surface area contributed by atoms with E-state index in [9.17, 15) is 13.2 Å². The zero-order chi connectivity index (χ0) is 17.9. The molecule has 0 saturated carbocycles. The van der Waals surface area contributed by atoms with Crippen LogP contribution >= 0.6 is 0 Å². The summed E-state index contributed by atoms with van der Waals surface area (Å²) in [5.74, 6) is 0.687. The Bertz CT molecular complexity index is 868. The molecule has 0 spiro atoms. The van der Waals surface area contributed by atoms with Crippen molar-refractivity contribution in [3.63, 3.8) is 0 Å². The van der Waals surface area contributed by atoms with Gasteiger partial charge in [-0.1, -0.05) is 25.5 Å². The summed E-state index contributed by atoms with van der Waals surface area (Å²) in [5.41, 5.74) is 0.918. The lowest BCUT2D eigenvalue weighted by Gasteiger charge is -2.16. The molecule has 0 amide bonds. The summed E-state index contributed by atoms with van der Waals surface area (Å²) in [6.45, 7) is 2.60. The van der Waals surface area contributed by atoms with Crippen molar-refractivity contribution < 1.29 is 8.42 Å². The fourth-order valence-electron chi connectivity index (χ4n) is 3.13. The lowest BCUT2D eigenvalue weighted by molar-refractivity contribution is 0.493. The maximum atomic E-state index is 12.6. The van der Waals surface area contributed by atoms with Gasteiger partial charge in [-0.05, 0) is 43.4 Å². The molecule has 1 unspecified atom stereocenters. The second kappa shape index (κ2) is 7.53. The van der Waals surface area contributed by atoms with Gasteiger partial charge in [0.15, 0.2) is 0 Å². The topological polar surface area (TPSA) is 96.8 Å². The van der Waals surface area contributed by atoms with Gasteiger partial charge in [-0.15, -0.1) is 0 Å². The minimum absolute atomic E-state index is 0.203. The Balaban J connectivity index is 1.66. The normalized spacial score (nSPS) is 17.9. The highest BCUT2D eigenvalue weighted by atomic mass is 32.2. The molecule has 2 N–H and O–H groups in total. The van der Waals surface area contributed by atoms with E-state index in [1.807, 2.05) is 12.1 Å². The monoisotopic (exact) mass is 364 g/mol. The van der Waals surface area contributed by atoms with Crippen molar-refractivity contribution in [2.75, 3.05) is 0 Å². The van der Waals surface area contributed by atoms with Crippen LogP contribution in [-0.4, -0.2) is 29.2 Å². The number of aromatic nitrogens is 3. The first kappa shape index (κ1) is 17.9. The highest BCUT2D eigenvalue weighted by Crippen LogP contribution is 2.17. The van der Waals surface area contributed by atoms with Gasteiger partial charge >= 0.3 is 5.69 Å². The van der Waals surface area contributed by atoms with Gasteiger partial charge < -0.3 is 0 Å². The van der Waals surface area contributed by atoms with E-state index in [-0.39, 0.29) is 16.6 Å². The Morgan fingerprint density at radius 2 is 2.04 bits per heavy atom. The van der Waals surface area contributed by atoms with Crippen molar-refractivity contribution >= 4 is 10.0 Å². The molecule has 7 nitrogen and oxygen atoms in total. The van der Waals surface area contributed by atoms with Gasteiger partial charge in [-0.3, -0.25) is 4.57 Å². The third-order valence-corrected chi connectivity index (χ3v) is 6.17. The average molecular weight is 364 g/mol. The van der Waals surface area contributed by atoms with E-state index in [0.717, 1.165) is 24.8 Å². The van der Waals surface area contributed by atoms with Crippen molar-refractivity contribution in [1.82, 2.24) is 19.5 Å². The summed E-state index contributed by atoms with van der Waals surface area (Å²) in [6, 6.07) is 6.89. The zero-order valence-electron chi connectivity index (χ0n) is 14.4.